The zero-order chi connectivity index (χ0) is 28.9. The molecule has 0 aliphatic carbocycles. The number of anilines is 1. The highest BCUT2D eigenvalue weighted by molar-refractivity contribution is 7.99. The minimum atomic E-state index is -5.03. The molecule has 218 valence electrons. The summed E-state index contributed by atoms with van der Waals surface area (Å²) in [7, 11) is 0. The molecule has 0 bridgehead atoms. The normalized spacial score (nSPS) is 25.1. The Bertz CT molecular complexity index is 1150. The first-order valence-corrected chi connectivity index (χ1v) is 14.3. The van der Waals surface area contributed by atoms with E-state index in [2.05, 4.69) is 5.32 Å². The number of hydrogen-bond donors (Lipinski definition) is 3. The fraction of sp³-hybridized carbons (Fsp3) is 0.500. The third-order valence-corrected chi connectivity index (χ3v) is 8.19. The number of halogens is 3. The molecule has 0 spiro atoms. The standard InChI is InChI=1S/C28H33F3N2O6S/c1-17-23(16-40-14-13-34)38-26(39-24(17)19-6-4-18(15-35)5-7-19)20-8-10-21(11-9-20)32-25(36)22-3-2-12-33(22)27(37)28(29,30)31/h4-11,17,22-24,26,34-35H,2-3,12-16H2,1H3,(H,32,36)/t17-,22-,23+,24+,26+/m0/s1. The number of amides is 2. The lowest BCUT2D eigenvalue weighted by Crippen LogP contribution is -2.48. The van der Waals surface area contributed by atoms with Gasteiger partial charge in [0.2, 0.25) is 5.91 Å². The molecule has 2 fully saturated rings. The van der Waals surface area contributed by atoms with Gasteiger partial charge >= 0.3 is 12.1 Å². The quantitative estimate of drug-likeness (QED) is 0.381. The van der Waals surface area contributed by atoms with Crippen molar-refractivity contribution in [1.82, 2.24) is 4.90 Å². The predicted octanol–water partition coefficient (Wildman–Crippen LogP) is 4.19. The Morgan fingerprint density at radius 1 is 1.05 bits per heavy atom. The second-order valence-corrected chi connectivity index (χ2v) is 11.0. The molecular weight excluding hydrogens is 549 g/mol. The third-order valence-electron chi connectivity index (χ3n) is 7.15. The fourth-order valence-electron chi connectivity index (χ4n) is 4.97. The largest absolute Gasteiger partial charge is 0.471 e. The Labute approximate surface area is 234 Å². The smallest absolute Gasteiger partial charge is 0.396 e. The number of aliphatic hydroxyl groups is 2. The molecule has 0 saturated carbocycles. The molecule has 2 aromatic rings. The van der Waals surface area contributed by atoms with Crippen molar-refractivity contribution < 1.29 is 42.4 Å². The van der Waals surface area contributed by atoms with Crippen LogP contribution in [0.3, 0.4) is 0 Å². The number of likely N-dealkylation sites (tertiary alicyclic amines) is 1. The van der Waals surface area contributed by atoms with Gasteiger partial charge in [0.25, 0.3) is 0 Å². The predicted molar refractivity (Wildman–Crippen MR) is 143 cm³/mol. The van der Waals surface area contributed by atoms with E-state index in [1.807, 2.05) is 31.2 Å². The zero-order valence-corrected chi connectivity index (χ0v) is 22.8. The summed E-state index contributed by atoms with van der Waals surface area (Å²) in [6.45, 7) is 1.92. The van der Waals surface area contributed by atoms with Gasteiger partial charge in [-0.3, -0.25) is 9.59 Å². The molecule has 0 unspecified atom stereocenters. The number of rotatable bonds is 9. The van der Waals surface area contributed by atoms with Crippen molar-refractivity contribution in [3.8, 4) is 0 Å². The van der Waals surface area contributed by atoms with E-state index in [4.69, 9.17) is 9.47 Å². The van der Waals surface area contributed by atoms with E-state index in [1.165, 1.54) is 0 Å². The Kier molecular flexibility index (Phi) is 10.1. The van der Waals surface area contributed by atoms with Crippen molar-refractivity contribution in [3.63, 3.8) is 0 Å². The van der Waals surface area contributed by atoms with E-state index in [0.29, 0.717) is 34.1 Å². The number of benzene rings is 2. The summed E-state index contributed by atoms with van der Waals surface area (Å²) in [5.74, 6) is -1.46. The van der Waals surface area contributed by atoms with Gasteiger partial charge in [0.05, 0.1) is 25.4 Å². The molecule has 0 radical (unpaired) electrons. The number of aliphatic hydroxyl groups excluding tert-OH is 2. The number of nitrogens with one attached hydrogen (secondary N) is 1. The molecule has 3 N–H and O–H groups in total. The van der Waals surface area contributed by atoms with Crippen molar-refractivity contribution >= 4 is 29.3 Å². The van der Waals surface area contributed by atoms with E-state index in [9.17, 15) is 33.0 Å². The number of ether oxygens (including phenoxy) is 2. The minimum absolute atomic E-state index is 0.00486. The molecule has 4 rings (SSSR count). The summed E-state index contributed by atoms with van der Waals surface area (Å²) in [5.41, 5.74) is 2.79. The summed E-state index contributed by atoms with van der Waals surface area (Å²) in [6.07, 6.45) is -5.77. The molecule has 2 aliphatic heterocycles. The van der Waals surface area contributed by atoms with E-state index < -0.39 is 30.3 Å². The van der Waals surface area contributed by atoms with Crippen LogP contribution in [0.2, 0.25) is 0 Å². The Morgan fingerprint density at radius 2 is 1.73 bits per heavy atom. The number of nitrogens with zero attached hydrogens (tertiary/aromatic N) is 1. The van der Waals surface area contributed by atoms with Crippen molar-refractivity contribution in [1.29, 1.82) is 0 Å². The van der Waals surface area contributed by atoms with Gasteiger partial charge in [0.15, 0.2) is 6.29 Å². The third kappa shape index (κ3) is 7.16. The van der Waals surface area contributed by atoms with Crippen molar-refractivity contribution in [2.45, 2.75) is 57.1 Å². The molecule has 5 atom stereocenters. The van der Waals surface area contributed by atoms with Crippen LogP contribution in [-0.4, -0.2) is 69.9 Å². The highest BCUT2D eigenvalue weighted by Gasteiger charge is 2.47. The van der Waals surface area contributed by atoms with Crippen LogP contribution in [0.1, 0.15) is 48.8 Å². The van der Waals surface area contributed by atoms with Gasteiger partial charge in [-0.05, 0) is 36.1 Å². The van der Waals surface area contributed by atoms with Gasteiger partial charge in [0, 0.05) is 35.2 Å². The average Bonchev–Trinajstić information content (AvgIpc) is 3.44. The molecule has 2 amide bonds. The summed E-state index contributed by atoms with van der Waals surface area (Å²) < 4.78 is 51.4. The molecule has 0 aromatic heterocycles. The van der Waals surface area contributed by atoms with Gasteiger partial charge in [0.1, 0.15) is 6.04 Å². The highest BCUT2D eigenvalue weighted by atomic mass is 32.2. The highest BCUT2D eigenvalue weighted by Crippen LogP contribution is 2.42. The maximum atomic E-state index is 12.9. The average molecular weight is 583 g/mol. The number of hydrogen-bond acceptors (Lipinski definition) is 7. The Balaban J connectivity index is 1.47. The van der Waals surface area contributed by atoms with Gasteiger partial charge in [-0.2, -0.15) is 24.9 Å². The molecule has 12 heteroatoms. The number of thioether (sulfide) groups is 1. The van der Waals surface area contributed by atoms with Crippen molar-refractivity contribution in [3.05, 3.63) is 65.2 Å². The lowest BCUT2D eigenvalue weighted by Gasteiger charge is -2.41. The van der Waals surface area contributed by atoms with Crippen LogP contribution in [0.25, 0.3) is 0 Å². The number of carbonyl (C=O) groups excluding carboxylic acids is 2. The lowest BCUT2D eigenvalue weighted by atomic mass is 9.91. The first-order valence-electron chi connectivity index (χ1n) is 13.1. The summed E-state index contributed by atoms with van der Waals surface area (Å²) >= 11 is 1.58. The monoisotopic (exact) mass is 582 g/mol. The van der Waals surface area contributed by atoms with Crippen molar-refractivity contribution in [2.75, 3.05) is 30.0 Å². The van der Waals surface area contributed by atoms with E-state index in [0.717, 1.165) is 11.1 Å². The van der Waals surface area contributed by atoms with Crippen LogP contribution in [-0.2, 0) is 25.7 Å². The van der Waals surface area contributed by atoms with Crippen LogP contribution in [0.4, 0.5) is 18.9 Å². The summed E-state index contributed by atoms with van der Waals surface area (Å²) in [5, 5.41) is 21.2. The second-order valence-electron chi connectivity index (χ2n) is 9.89. The fourth-order valence-corrected chi connectivity index (χ4v) is 5.88. The van der Waals surface area contributed by atoms with E-state index >= 15 is 0 Å². The molecule has 40 heavy (non-hydrogen) atoms. The van der Waals surface area contributed by atoms with Gasteiger partial charge in [-0.1, -0.05) is 43.3 Å². The number of alkyl halides is 3. The summed E-state index contributed by atoms with van der Waals surface area (Å²) in [6, 6.07) is 13.0. The molecular formula is C28H33F3N2O6S. The topological polar surface area (TPSA) is 108 Å². The maximum absolute atomic E-state index is 12.9. The van der Waals surface area contributed by atoms with Gasteiger partial charge in [-0.25, -0.2) is 0 Å². The Morgan fingerprint density at radius 3 is 2.35 bits per heavy atom. The molecule has 8 nitrogen and oxygen atoms in total. The molecule has 2 aliphatic rings. The summed E-state index contributed by atoms with van der Waals surface area (Å²) in [4.78, 5) is 25.0. The SMILES string of the molecule is C[C@H]1[C@@H](CSCCO)O[C@@H](c2ccc(NC(=O)[C@@H]3CCCN3C(=O)C(F)(F)F)cc2)O[C@H]1c1ccc(CO)cc1. The molecule has 2 saturated heterocycles. The van der Waals surface area contributed by atoms with Gasteiger partial charge in [-0.15, -0.1) is 0 Å². The minimum Gasteiger partial charge on any atom is -0.396 e. The van der Waals surface area contributed by atoms with Gasteiger partial charge < -0.3 is 29.9 Å². The number of carbonyl (C=O) groups is 2. The van der Waals surface area contributed by atoms with Crippen LogP contribution < -0.4 is 5.32 Å². The van der Waals surface area contributed by atoms with Crippen LogP contribution in [0.15, 0.2) is 48.5 Å². The van der Waals surface area contributed by atoms with E-state index in [-0.39, 0.29) is 44.3 Å². The van der Waals surface area contributed by atoms with Crippen LogP contribution in [0, 0.1) is 5.92 Å². The van der Waals surface area contributed by atoms with Crippen LogP contribution in [0.5, 0.6) is 0 Å². The molecule has 2 aromatic carbocycles. The van der Waals surface area contributed by atoms with Crippen LogP contribution >= 0.6 is 11.8 Å². The first-order chi connectivity index (χ1) is 19.1. The lowest BCUT2D eigenvalue weighted by molar-refractivity contribution is -0.268. The second kappa shape index (κ2) is 13.3. The maximum Gasteiger partial charge on any atom is 0.471 e. The zero-order valence-electron chi connectivity index (χ0n) is 22.0. The first kappa shape index (κ1) is 30.3. The van der Waals surface area contributed by atoms with Crippen molar-refractivity contribution in [2.24, 2.45) is 5.92 Å². The van der Waals surface area contributed by atoms with E-state index in [1.54, 1.807) is 36.0 Å². The molecule has 2 heterocycles. The Hall–Kier alpha value is -2.64.